The lowest BCUT2D eigenvalue weighted by Crippen LogP contribution is -2.02. The average Bonchev–Trinajstić information content (AvgIpc) is 3.04. The highest BCUT2D eigenvalue weighted by molar-refractivity contribution is 6.17. The maximum Gasteiger partial charge on any atom is 0.209 e. The van der Waals surface area contributed by atoms with Crippen molar-refractivity contribution in [3.8, 4) is 5.75 Å². The standard InChI is InChI=1S/C20H15NO2/c1-23-18-11-5-8-14-12-17(21-19(14)18)20(22)16-10-4-7-13-6-2-3-9-15(13)16/h2-12,21H,1H3. The lowest BCUT2D eigenvalue weighted by atomic mass is 10.00. The van der Waals surface area contributed by atoms with Crippen LogP contribution >= 0.6 is 0 Å². The van der Waals surface area contributed by atoms with E-state index in [4.69, 9.17) is 4.74 Å². The fourth-order valence-electron chi connectivity index (χ4n) is 2.99. The van der Waals surface area contributed by atoms with Crippen LogP contribution in [0, 0.1) is 0 Å². The second-order valence-corrected chi connectivity index (χ2v) is 5.46. The highest BCUT2D eigenvalue weighted by atomic mass is 16.5. The maximum absolute atomic E-state index is 13.0. The zero-order valence-corrected chi connectivity index (χ0v) is 12.7. The van der Waals surface area contributed by atoms with Gasteiger partial charge in [0.25, 0.3) is 0 Å². The molecule has 0 bridgehead atoms. The Morgan fingerprint density at radius 1 is 0.913 bits per heavy atom. The number of carbonyl (C=O) groups excluding carboxylic acids is 1. The molecule has 0 radical (unpaired) electrons. The molecule has 0 unspecified atom stereocenters. The minimum Gasteiger partial charge on any atom is -0.495 e. The molecule has 0 saturated carbocycles. The SMILES string of the molecule is COc1cccc2cc(C(=O)c3cccc4ccccc34)[nH]c12. The van der Waals surface area contributed by atoms with E-state index < -0.39 is 0 Å². The van der Waals surface area contributed by atoms with Gasteiger partial charge in [0.2, 0.25) is 5.78 Å². The zero-order valence-electron chi connectivity index (χ0n) is 12.7. The molecule has 0 atom stereocenters. The number of methoxy groups -OCH3 is 1. The van der Waals surface area contributed by atoms with E-state index >= 15 is 0 Å². The summed E-state index contributed by atoms with van der Waals surface area (Å²) in [6.45, 7) is 0. The van der Waals surface area contributed by atoms with E-state index in [1.165, 1.54) is 0 Å². The van der Waals surface area contributed by atoms with Gasteiger partial charge in [0.05, 0.1) is 18.3 Å². The minimum atomic E-state index is -0.0138. The smallest absolute Gasteiger partial charge is 0.209 e. The number of aromatic nitrogens is 1. The van der Waals surface area contributed by atoms with Gasteiger partial charge in [0.15, 0.2) is 0 Å². The van der Waals surface area contributed by atoms with Crippen LogP contribution < -0.4 is 4.74 Å². The number of ketones is 1. The Kier molecular flexibility index (Phi) is 3.12. The van der Waals surface area contributed by atoms with Crippen LogP contribution in [0.4, 0.5) is 0 Å². The Labute approximate surface area is 133 Å². The number of nitrogens with one attached hydrogen (secondary N) is 1. The molecule has 3 heteroatoms. The molecule has 0 spiro atoms. The predicted molar refractivity (Wildman–Crippen MR) is 92.2 cm³/mol. The van der Waals surface area contributed by atoms with Crippen LogP contribution in [0.5, 0.6) is 5.75 Å². The summed E-state index contributed by atoms with van der Waals surface area (Å²) in [5.41, 5.74) is 2.12. The number of para-hydroxylation sites is 1. The van der Waals surface area contributed by atoms with Crippen LogP contribution in [0.15, 0.2) is 66.7 Å². The second kappa shape index (κ2) is 5.29. The molecule has 112 valence electrons. The molecule has 1 aromatic heterocycles. The number of aromatic amines is 1. The summed E-state index contributed by atoms with van der Waals surface area (Å²) in [5, 5.41) is 2.99. The van der Waals surface area contributed by atoms with Crippen LogP contribution in [-0.4, -0.2) is 17.9 Å². The van der Waals surface area contributed by atoms with Gasteiger partial charge in [-0.25, -0.2) is 0 Å². The minimum absolute atomic E-state index is 0.0138. The maximum atomic E-state index is 13.0. The lowest BCUT2D eigenvalue weighted by Gasteiger charge is -2.04. The monoisotopic (exact) mass is 301 g/mol. The van der Waals surface area contributed by atoms with Crippen molar-refractivity contribution in [1.29, 1.82) is 0 Å². The first kappa shape index (κ1) is 13.6. The van der Waals surface area contributed by atoms with Gasteiger partial charge in [-0.2, -0.15) is 0 Å². The first-order valence-electron chi connectivity index (χ1n) is 7.46. The van der Waals surface area contributed by atoms with Crippen molar-refractivity contribution in [3.05, 3.63) is 78.0 Å². The Morgan fingerprint density at radius 2 is 1.65 bits per heavy atom. The molecule has 1 N–H and O–H groups in total. The first-order valence-corrected chi connectivity index (χ1v) is 7.46. The van der Waals surface area contributed by atoms with Crippen LogP contribution in [-0.2, 0) is 0 Å². The highest BCUT2D eigenvalue weighted by Crippen LogP contribution is 2.27. The van der Waals surface area contributed by atoms with Crippen LogP contribution in [0.3, 0.4) is 0 Å². The summed E-state index contributed by atoms with van der Waals surface area (Å²) in [5.74, 6) is 0.722. The van der Waals surface area contributed by atoms with Crippen LogP contribution in [0.25, 0.3) is 21.7 Å². The van der Waals surface area contributed by atoms with Crippen molar-refractivity contribution in [1.82, 2.24) is 4.98 Å². The Balaban J connectivity index is 1.88. The summed E-state index contributed by atoms with van der Waals surface area (Å²) in [7, 11) is 1.63. The van der Waals surface area contributed by atoms with Crippen molar-refractivity contribution in [2.45, 2.75) is 0 Å². The van der Waals surface area contributed by atoms with Crippen LogP contribution in [0.1, 0.15) is 16.1 Å². The van der Waals surface area contributed by atoms with E-state index in [2.05, 4.69) is 4.98 Å². The molecule has 3 nitrogen and oxygen atoms in total. The Bertz CT molecular complexity index is 1020. The number of rotatable bonds is 3. The molecule has 3 aromatic carbocycles. The summed E-state index contributed by atoms with van der Waals surface area (Å²) < 4.78 is 5.35. The third-order valence-corrected chi connectivity index (χ3v) is 4.12. The van der Waals surface area contributed by atoms with Gasteiger partial charge in [0, 0.05) is 10.9 Å². The average molecular weight is 301 g/mol. The van der Waals surface area contributed by atoms with E-state index in [1.54, 1.807) is 7.11 Å². The summed E-state index contributed by atoms with van der Waals surface area (Å²) in [6.07, 6.45) is 0. The zero-order chi connectivity index (χ0) is 15.8. The number of H-pyrrole nitrogens is 1. The molecule has 0 aliphatic rings. The number of benzene rings is 3. The molecule has 1 heterocycles. The Morgan fingerprint density at radius 3 is 2.52 bits per heavy atom. The largest absolute Gasteiger partial charge is 0.495 e. The first-order chi connectivity index (χ1) is 11.3. The quantitative estimate of drug-likeness (QED) is 0.564. The molecule has 0 saturated heterocycles. The van der Waals surface area contributed by atoms with Crippen molar-refractivity contribution >= 4 is 27.5 Å². The summed E-state index contributed by atoms with van der Waals surface area (Å²) in [6, 6.07) is 21.4. The highest BCUT2D eigenvalue weighted by Gasteiger charge is 2.15. The molecule has 0 amide bonds. The molecular formula is C20H15NO2. The topological polar surface area (TPSA) is 42.1 Å². The van der Waals surface area contributed by atoms with Gasteiger partial charge < -0.3 is 9.72 Å². The van der Waals surface area contributed by atoms with Gasteiger partial charge in [-0.1, -0.05) is 54.6 Å². The van der Waals surface area contributed by atoms with Gasteiger partial charge in [-0.15, -0.1) is 0 Å². The fraction of sp³-hybridized carbons (Fsp3) is 0.0500. The van der Waals surface area contributed by atoms with E-state index in [1.807, 2.05) is 66.7 Å². The van der Waals surface area contributed by atoms with Gasteiger partial charge in [0.1, 0.15) is 5.75 Å². The second-order valence-electron chi connectivity index (χ2n) is 5.46. The van der Waals surface area contributed by atoms with Crippen molar-refractivity contribution in [2.75, 3.05) is 7.11 Å². The molecule has 23 heavy (non-hydrogen) atoms. The number of carbonyl (C=O) groups is 1. The van der Waals surface area contributed by atoms with Crippen molar-refractivity contribution < 1.29 is 9.53 Å². The lowest BCUT2D eigenvalue weighted by molar-refractivity contribution is 0.103. The number of fused-ring (bicyclic) bond motifs is 2. The van der Waals surface area contributed by atoms with E-state index in [0.717, 1.165) is 27.4 Å². The van der Waals surface area contributed by atoms with Gasteiger partial charge in [-0.05, 0) is 22.9 Å². The number of hydrogen-bond donors (Lipinski definition) is 1. The fourth-order valence-corrected chi connectivity index (χ4v) is 2.99. The normalized spacial score (nSPS) is 11.0. The molecular weight excluding hydrogens is 286 g/mol. The number of ether oxygens (including phenoxy) is 1. The van der Waals surface area contributed by atoms with E-state index in [0.29, 0.717) is 11.3 Å². The molecule has 0 aliphatic heterocycles. The molecule has 4 aromatic rings. The summed E-state index contributed by atoms with van der Waals surface area (Å²) >= 11 is 0. The van der Waals surface area contributed by atoms with E-state index in [9.17, 15) is 4.79 Å². The third-order valence-electron chi connectivity index (χ3n) is 4.12. The van der Waals surface area contributed by atoms with E-state index in [-0.39, 0.29) is 5.78 Å². The number of hydrogen-bond acceptors (Lipinski definition) is 2. The van der Waals surface area contributed by atoms with Crippen molar-refractivity contribution in [2.24, 2.45) is 0 Å². The molecule has 4 rings (SSSR count). The van der Waals surface area contributed by atoms with Gasteiger partial charge >= 0.3 is 0 Å². The molecule has 0 aliphatic carbocycles. The van der Waals surface area contributed by atoms with Crippen molar-refractivity contribution in [3.63, 3.8) is 0 Å². The third kappa shape index (κ3) is 2.18. The molecule has 0 fully saturated rings. The van der Waals surface area contributed by atoms with Gasteiger partial charge in [-0.3, -0.25) is 4.79 Å². The predicted octanol–water partition coefficient (Wildman–Crippen LogP) is 4.56. The Hall–Kier alpha value is -3.07. The van der Waals surface area contributed by atoms with Crippen LogP contribution in [0.2, 0.25) is 0 Å². The summed E-state index contributed by atoms with van der Waals surface area (Å²) in [4.78, 5) is 16.2.